The molecule has 4 rings (SSSR count). The number of rotatable bonds is 6. The highest BCUT2D eigenvalue weighted by molar-refractivity contribution is 5.94. The highest BCUT2D eigenvalue weighted by atomic mass is 19.3. The zero-order valence-electron chi connectivity index (χ0n) is 19.7. The first-order valence-corrected chi connectivity index (χ1v) is 11.3. The molecule has 4 heterocycles. The van der Waals surface area contributed by atoms with Crippen molar-refractivity contribution in [2.75, 3.05) is 26.2 Å². The van der Waals surface area contributed by atoms with Crippen LogP contribution < -0.4 is 0 Å². The molecule has 1 N–H and O–H groups in total. The first-order chi connectivity index (χ1) is 16.1. The number of pyridine rings is 2. The van der Waals surface area contributed by atoms with Gasteiger partial charge in [-0.05, 0) is 63.1 Å². The van der Waals surface area contributed by atoms with Crippen molar-refractivity contribution >= 4 is 11.5 Å². The van der Waals surface area contributed by atoms with E-state index in [0.29, 0.717) is 18.7 Å². The quantitative estimate of drug-likeness (QED) is 0.517. The number of alkyl halides is 3. The van der Waals surface area contributed by atoms with Crippen LogP contribution in [-0.4, -0.2) is 69.2 Å². The van der Waals surface area contributed by atoms with Crippen LogP contribution in [0.25, 0.3) is 16.6 Å². The summed E-state index contributed by atoms with van der Waals surface area (Å²) in [6.45, 7) is 8.79. The summed E-state index contributed by atoms with van der Waals surface area (Å²) in [6, 6.07) is 7.42. The second kappa shape index (κ2) is 9.38. The normalized spacial score (nSPS) is 17.4. The minimum Gasteiger partial charge on any atom is -0.478 e. The third-order valence-electron chi connectivity index (χ3n) is 6.73. The Hall–Kier alpha value is -2.91. The van der Waals surface area contributed by atoms with Crippen LogP contribution in [0, 0.1) is 20.8 Å². The van der Waals surface area contributed by atoms with Crippen LogP contribution >= 0.6 is 0 Å². The number of nitrogens with zero attached hydrogens (tertiary/aromatic N) is 4. The number of carboxylic acid groups (broad SMARTS) is 1. The molecule has 2 atom stereocenters. The van der Waals surface area contributed by atoms with E-state index < -0.39 is 18.7 Å². The van der Waals surface area contributed by atoms with Gasteiger partial charge in [-0.2, -0.15) is 0 Å². The van der Waals surface area contributed by atoms with Crippen molar-refractivity contribution in [1.29, 1.82) is 0 Å². The molecule has 2 unspecified atom stereocenters. The van der Waals surface area contributed by atoms with Gasteiger partial charge in [-0.25, -0.2) is 18.0 Å². The predicted molar refractivity (Wildman–Crippen MR) is 124 cm³/mol. The second-order valence-corrected chi connectivity index (χ2v) is 8.95. The highest BCUT2D eigenvalue weighted by Crippen LogP contribution is 2.34. The molecule has 0 spiro atoms. The van der Waals surface area contributed by atoms with Crippen LogP contribution in [-0.2, 0) is 0 Å². The topological polar surface area (TPSA) is 61.1 Å². The third kappa shape index (κ3) is 4.42. The van der Waals surface area contributed by atoms with Crippen LogP contribution in [0.1, 0.15) is 46.0 Å². The molecular weight excluding hydrogens is 445 g/mol. The number of carboxylic acids is 1. The molecule has 1 saturated heterocycles. The van der Waals surface area contributed by atoms with Crippen LogP contribution in [0.15, 0.2) is 30.5 Å². The van der Waals surface area contributed by atoms with Gasteiger partial charge in [0.1, 0.15) is 0 Å². The average Bonchev–Trinajstić information content (AvgIpc) is 3.20. The van der Waals surface area contributed by atoms with Gasteiger partial charge in [0.15, 0.2) is 0 Å². The summed E-state index contributed by atoms with van der Waals surface area (Å²) in [5, 5.41) is 9.92. The Labute approximate surface area is 196 Å². The fourth-order valence-electron chi connectivity index (χ4n) is 5.04. The Morgan fingerprint density at radius 2 is 1.59 bits per heavy atom. The Morgan fingerprint density at radius 1 is 1.00 bits per heavy atom. The molecule has 0 aliphatic carbocycles. The van der Waals surface area contributed by atoms with Gasteiger partial charge in [-0.1, -0.05) is 0 Å². The number of aryl methyl sites for hydroxylation is 2. The van der Waals surface area contributed by atoms with Crippen molar-refractivity contribution in [3.8, 4) is 11.1 Å². The molecule has 9 heteroatoms. The lowest BCUT2D eigenvalue weighted by atomic mass is 9.99. The molecule has 6 nitrogen and oxygen atoms in total. The Morgan fingerprint density at radius 3 is 2.15 bits per heavy atom. The van der Waals surface area contributed by atoms with Gasteiger partial charge >= 0.3 is 5.97 Å². The number of fused-ring (bicyclic) bond motifs is 1. The Kier molecular flexibility index (Phi) is 6.69. The van der Waals surface area contributed by atoms with E-state index in [-0.39, 0.29) is 24.7 Å². The number of carbonyl (C=O) groups is 1. The maximum atomic E-state index is 13.8. The van der Waals surface area contributed by atoms with E-state index in [1.165, 1.54) is 0 Å². The summed E-state index contributed by atoms with van der Waals surface area (Å²) in [5.74, 6) is -1.01. The van der Waals surface area contributed by atoms with Gasteiger partial charge in [0.05, 0.1) is 11.1 Å². The zero-order chi connectivity index (χ0) is 24.7. The molecule has 182 valence electrons. The molecule has 0 radical (unpaired) electrons. The summed E-state index contributed by atoms with van der Waals surface area (Å²) >= 11 is 0. The number of aromatic carboxylic acids is 1. The molecule has 0 amide bonds. The first kappa shape index (κ1) is 24.2. The lowest BCUT2D eigenvalue weighted by Crippen LogP contribution is -2.51. The van der Waals surface area contributed by atoms with Gasteiger partial charge in [0.2, 0.25) is 6.30 Å². The number of aromatic nitrogens is 2. The van der Waals surface area contributed by atoms with Crippen molar-refractivity contribution in [2.45, 2.75) is 46.5 Å². The Bertz CT molecular complexity index is 1200. The van der Waals surface area contributed by atoms with E-state index in [0.717, 1.165) is 38.6 Å². The van der Waals surface area contributed by atoms with Crippen molar-refractivity contribution in [3.63, 3.8) is 0 Å². The number of hydrogen-bond acceptors (Lipinski definition) is 4. The first-order valence-electron chi connectivity index (χ1n) is 11.3. The SMILES string of the molecule is Cc1cc(-c2ccn3c(C(C)N4CCN(C(F)C(F)F)CC4)c(C)c(C(=O)O)cc23)cc(C)n1. The van der Waals surface area contributed by atoms with E-state index in [4.69, 9.17) is 0 Å². The number of hydrogen-bond donors (Lipinski definition) is 1. The van der Waals surface area contributed by atoms with E-state index in [2.05, 4.69) is 9.88 Å². The molecule has 1 aliphatic heterocycles. The van der Waals surface area contributed by atoms with Crippen molar-refractivity contribution in [2.24, 2.45) is 0 Å². The van der Waals surface area contributed by atoms with E-state index in [9.17, 15) is 23.1 Å². The lowest BCUT2D eigenvalue weighted by Gasteiger charge is -2.39. The largest absolute Gasteiger partial charge is 0.478 e. The van der Waals surface area contributed by atoms with E-state index in [1.54, 1.807) is 13.0 Å². The van der Waals surface area contributed by atoms with Crippen molar-refractivity contribution in [3.05, 3.63) is 58.7 Å². The van der Waals surface area contributed by atoms with Crippen molar-refractivity contribution in [1.82, 2.24) is 19.2 Å². The van der Waals surface area contributed by atoms with Gasteiger partial charge < -0.3 is 9.51 Å². The summed E-state index contributed by atoms with van der Waals surface area (Å²) in [7, 11) is 0. The molecule has 0 saturated carbocycles. The summed E-state index contributed by atoms with van der Waals surface area (Å²) in [5.41, 5.74) is 6.08. The minimum atomic E-state index is -3.03. The van der Waals surface area contributed by atoms with Crippen LogP contribution in [0.4, 0.5) is 13.2 Å². The summed E-state index contributed by atoms with van der Waals surface area (Å²) < 4.78 is 41.4. The smallest absolute Gasteiger partial charge is 0.336 e. The van der Waals surface area contributed by atoms with Gasteiger partial charge in [0, 0.05) is 61.1 Å². The van der Waals surface area contributed by atoms with E-state index >= 15 is 0 Å². The Balaban J connectivity index is 1.76. The van der Waals surface area contributed by atoms with Gasteiger partial charge in [0.25, 0.3) is 6.43 Å². The van der Waals surface area contributed by atoms with Gasteiger partial charge in [-0.3, -0.25) is 14.8 Å². The molecule has 3 aromatic rings. The number of piperazine rings is 1. The summed E-state index contributed by atoms with van der Waals surface area (Å²) in [6.07, 6.45) is -3.36. The lowest BCUT2D eigenvalue weighted by molar-refractivity contribution is -0.0688. The van der Waals surface area contributed by atoms with Gasteiger partial charge in [-0.15, -0.1) is 0 Å². The fraction of sp³-hybridized carbons (Fsp3) is 0.440. The zero-order valence-corrected chi connectivity index (χ0v) is 19.7. The molecular formula is C25H29F3N4O2. The molecule has 0 bridgehead atoms. The summed E-state index contributed by atoms with van der Waals surface area (Å²) in [4.78, 5) is 19.8. The predicted octanol–water partition coefficient (Wildman–Crippen LogP) is 4.86. The molecule has 34 heavy (non-hydrogen) atoms. The molecule has 0 aromatic carbocycles. The standard InChI is InChI=1S/C25H29F3N4O2/c1-14-11-18(12-15(2)29-14)19-5-6-32-21(19)13-20(25(33)34)16(3)22(32)17(4)30-7-9-31(10-8-30)24(28)23(26)27/h5-6,11-13,17,23-24H,7-10H2,1-4H3,(H,33,34). The second-order valence-electron chi connectivity index (χ2n) is 8.95. The highest BCUT2D eigenvalue weighted by Gasteiger charge is 2.32. The van der Waals surface area contributed by atoms with E-state index in [1.807, 2.05) is 49.6 Å². The molecule has 1 fully saturated rings. The maximum Gasteiger partial charge on any atom is 0.336 e. The molecule has 3 aromatic heterocycles. The minimum absolute atomic E-state index is 0.184. The van der Waals surface area contributed by atoms with Crippen LogP contribution in [0.2, 0.25) is 0 Å². The fourth-order valence-corrected chi connectivity index (χ4v) is 5.04. The van der Waals surface area contributed by atoms with Crippen LogP contribution in [0.5, 0.6) is 0 Å². The van der Waals surface area contributed by atoms with Crippen molar-refractivity contribution < 1.29 is 23.1 Å². The average molecular weight is 475 g/mol. The van der Waals surface area contributed by atoms with Crippen LogP contribution in [0.3, 0.4) is 0 Å². The number of halogens is 3. The maximum absolute atomic E-state index is 13.8. The third-order valence-corrected chi connectivity index (χ3v) is 6.73. The molecule has 1 aliphatic rings. The monoisotopic (exact) mass is 474 g/mol.